The smallest absolute Gasteiger partial charge is 0.258 e. The van der Waals surface area contributed by atoms with E-state index in [9.17, 15) is 4.79 Å². The Labute approximate surface area is 142 Å². The second kappa shape index (κ2) is 6.16. The van der Waals surface area contributed by atoms with Crippen molar-refractivity contribution >= 4 is 5.65 Å². The summed E-state index contributed by atoms with van der Waals surface area (Å²) in [7, 11) is 1.62. The zero-order chi connectivity index (χ0) is 17.2. The first-order valence-corrected chi connectivity index (χ1v) is 7.62. The molecular weight excluding hydrogens is 320 g/mol. The topological polar surface area (TPSA) is 87.2 Å². The van der Waals surface area contributed by atoms with Gasteiger partial charge in [0.05, 0.1) is 13.7 Å². The number of hydrogen-bond acceptors (Lipinski definition) is 6. The highest BCUT2D eigenvalue weighted by Gasteiger charge is 2.13. The second-order valence-corrected chi connectivity index (χ2v) is 5.42. The van der Waals surface area contributed by atoms with Gasteiger partial charge in [0, 0.05) is 12.3 Å². The van der Waals surface area contributed by atoms with Crippen molar-refractivity contribution in [1.29, 1.82) is 0 Å². The van der Waals surface area contributed by atoms with Crippen LogP contribution in [0.2, 0.25) is 0 Å². The van der Waals surface area contributed by atoms with Crippen LogP contribution in [0.25, 0.3) is 17.2 Å². The molecule has 0 aliphatic heterocycles. The number of nitrogens with zero attached hydrogens (tertiary/aromatic N) is 6. The molecule has 0 saturated carbocycles. The van der Waals surface area contributed by atoms with Gasteiger partial charge in [0.25, 0.3) is 5.56 Å². The van der Waals surface area contributed by atoms with Crippen LogP contribution in [-0.2, 0) is 6.54 Å². The molecule has 3 heterocycles. The first kappa shape index (κ1) is 15.0. The minimum Gasteiger partial charge on any atom is -0.497 e. The molecule has 0 saturated heterocycles. The second-order valence-electron chi connectivity index (χ2n) is 5.42. The fraction of sp³-hybridized carbons (Fsp3) is 0.118. The Hall–Kier alpha value is -3.55. The lowest BCUT2D eigenvalue weighted by Gasteiger charge is -2.06. The molecule has 0 aliphatic carbocycles. The summed E-state index contributed by atoms with van der Waals surface area (Å²) in [5.41, 5.74) is 1.81. The van der Waals surface area contributed by atoms with E-state index in [1.807, 2.05) is 30.3 Å². The predicted octanol–water partition coefficient (Wildman–Crippen LogP) is 1.40. The van der Waals surface area contributed by atoms with E-state index in [0.717, 1.165) is 11.3 Å². The van der Waals surface area contributed by atoms with Crippen molar-refractivity contribution in [2.75, 3.05) is 7.11 Å². The van der Waals surface area contributed by atoms with E-state index < -0.39 is 0 Å². The van der Waals surface area contributed by atoms with E-state index >= 15 is 0 Å². The number of methoxy groups -OCH3 is 1. The summed E-state index contributed by atoms with van der Waals surface area (Å²) in [4.78, 5) is 16.8. The molecule has 1 aromatic carbocycles. The van der Waals surface area contributed by atoms with Gasteiger partial charge in [0.15, 0.2) is 0 Å². The zero-order valence-corrected chi connectivity index (χ0v) is 13.4. The third-order valence-electron chi connectivity index (χ3n) is 3.82. The van der Waals surface area contributed by atoms with Gasteiger partial charge in [-0.05, 0) is 40.3 Å². The molecule has 0 spiro atoms. The maximum absolute atomic E-state index is 12.3. The Morgan fingerprint density at radius 2 is 1.96 bits per heavy atom. The molecular formula is C17H14N6O2. The largest absolute Gasteiger partial charge is 0.497 e. The molecule has 4 rings (SSSR count). The summed E-state index contributed by atoms with van der Waals surface area (Å²) in [6, 6.07) is 14.4. The van der Waals surface area contributed by atoms with Crippen molar-refractivity contribution < 1.29 is 4.74 Å². The van der Waals surface area contributed by atoms with E-state index in [4.69, 9.17) is 4.74 Å². The van der Waals surface area contributed by atoms with Crippen molar-refractivity contribution in [3.8, 4) is 17.3 Å². The first-order chi connectivity index (χ1) is 12.2. The Kier molecular flexibility index (Phi) is 3.70. The normalized spacial score (nSPS) is 10.9. The van der Waals surface area contributed by atoms with E-state index in [1.54, 1.807) is 30.1 Å². The summed E-state index contributed by atoms with van der Waals surface area (Å²) in [6.45, 7) is 0.460. The van der Waals surface area contributed by atoms with Crippen molar-refractivity contribution in [3.05, 3.63) is 70.6 Å². The Morgan fingerprint density at radius 1 is 1.12 bits per heavy atom. The van der Waals surface area contributed by atoms with Crippen LogP contribution in [0.15, 0.2) is 59.5 Å². The standard InChI is InChI=1S/C17H14N6O2/c1-25-13-7-5-12(6-8-13)11-23-17(19-20-21-23)14-10-16(24)22-9-3-2-4-15(22)18-14/h2-10H,11H2,1H3. The van der Waals surface area contributed by atoms with Crippen LogP contribution in [0.3, 0.4) is 0 Å². The summed E-state index contributed by atoms with van der Waals surface area (Å²) >= 11 is 0. The van der Waals surface area contributed by atoms with E-state index in [0.29, 0.717) is 23.7 Å². The van der Waals surface area contributed by atoms with Crippen LogP contribution in [0.4, 0.5) is 0 Å². The Morgan fingerprint density at radius 3 is 2.76 bits per heavy atom. The third-order valence-corrected chi connectivity index (χ3v) is 3.82. The lowest BCUT2D eigenvalue weighted by atomic mass is 10.2. The van der Waals surface area contributed by atoms with Crippen LogP contribution in [0.1, 0.15) is 5.56 Å². The van der Waals surface area contributed by atoms with Gasteiger partial charge in [-0.25, -0.2) is 9.67 Å². The zero-order valence-electron chi connectivity index (χ0n) is 13.4. The summed E-state index contributed by atoms with van der Waals surface area (Å²) in [6.07, 6.45) is 1.68. The van der Waals surface area contributed by atoms with Gasteiger partial charge in [-0.3, -0.25) is 9.20 Å². The molecule has 0 aliphatic rings. The summed E-state index contributed by atoms with van der Waals surface area (Å²) < 4.78 is 8.24. The van der Waals surface area contributed by atoms with E-state index in [1.165, 1.54) is 10.5 Å². The average Bonchev–Trinajstić information content (AvgIpc) is 3.10. The number of benzene rings is 1. The SMILES string of the molecule is COc1ccc(Cn2nnnc2-c2cc(=O)n3ccccc3n2)cc1. The highest BCUT2D eigenvalue weighted by atomic mass is 16.5. The fourth-order valence-corrected chi connectivity index (χ4v) is 2.57. The molecule has 124 valence electrons. The molecule has 4 aromatic rings. The molecule has 8 heteroatoms. The van der Waals surface area contributed by atoms with Gasteiger partial charge in [0.1, 0.15) is 17.1 Å². The lowest BCUT2D eigenvalue weighted by molar-refractivity contribution is 0.414. The van der Waals surface area contributed by atoms with Gasteiger partial charge in [-0.2, -0.15) is 0 Å². The molecule has 0 fully saturated rings. The van der Waals surface area contributed by atoms with Gasteiger partial charge >= 0.3 is 0 Å². The molecule has 0 atom stereocenters. The van der Waals surface area contributed by atoms with Gasteiger partial charge in [-0.15, -0.1) is 5.10 Å². The number of aromatic nitrogens is 6. The van der Waals surface area contributed by atoms with Crippen LogP contribution < -0.4 is 10.3 Å². The van der Waals surface area contributed by atoms with Gasteiger partial charge < -0.3 is 4.74 Å². The van der Waals surface area contributed by atoms with Crippen LogP contribution in [-0.4, -0.2) is 36.7 Å². The minimum absolute atomic E-state index is 0.181. The maximum atomic E-state index is 12.3. The lowest BCUT2D eigenvalue weighted by Crippen LogP contribution is -2.15. The van der Waals surface area contributed by atoms with E-state index in [2.05, 4.69) is 20.5 Å². The van der Waals surface area contributed by atoms with Crippen molar-refractivity contribution in [2.45, 2.75) is 6.54 Å². The Balaban J connectivity index is 1.73. The number of ether oxygens (including phenoxy) is 1. The highest BCUT2D eigenvalue weighted by molar-refractivity contribution is 5.53. The van der Waals surface area contributed by atoms with Gasteiger partial charge in [0.2, 0.25) is 5.82 Å². The number of tetrazole rings is 1. The van der Waals surface area contributed by atoms with Gasteiger partial charge in [-0.1, -0.05) is 18.2 Å². The molecule has 0 N–H and O–H groups in total. The molecule has 8 nitrogen and oxygen atoms in total. The number of hydrogen-bond donors (Lipinski definition) is 0. The number of rotatable bonds is 4. The van der Waals surface area contributed by atoms with Crippen molar-refractivity contribution in [1.82, 2.24) is 29.6 Å². The number of fused-ring (bicyclic) bond motifs is 1. The highest BCUT2D eigenvalue weighted by Crippen LogP contribution is 2.16. The maximum Gasteiger partial charge on any atom is 0.258 e. The first-order valence-electron chi connectivity index (χ1n) is 7.62. The Bertz CT molecular complexity index is 1080. The number of pyridine rings is 1. The fourth-order valence-electron chi connectivity index (χ4n) is 2.57. The third kappa shape index (κ3) is 2.85. The molecule has 25 heavy (non-hydrogen) atoms. The van der Waals surface area contributed by atoms with Crippen molar-refractivity contribution in [2.24, 2.45) is 0 Å². The quantitative estimate of drug-likeness (QED) is 0.561. The molecule has 0 amide bonds. The monoisotopic (exact) mass is 334 g/mol. The average molecular weight is 334 g/mol. The van der Waals surface area contributed by atoms with E-state index in [-0.39, 0.29) is 5.56 Å². The molecule has 0 radical (unpaired) electrons. The van der Waals surface area contributed by atoms with Crippen LogP contribution in [0.5, 0.6) is 5.75 Å². The van der Waals surface area contributed by atoms with Crippen LogP contribution in [0, 0.1) is 0 Å². The molecule has 3 aromatic heterocycles. The van der Waals surface area contributed by atoms with Crippen LogP contribution >= 0.6 is 0 Å². The molecule has 0 unspecified atom stereocenters. The molecule has 0 bridgehead atoms. The summed E-state index contributed by atoms with van der Waals surface area (Å²) in [5.74, 6) is 1.23. The van der Waals surface area contributed by atoms with Crippen molar-refractivity contribution in [3.63, 3.8) is 0 Å². The summed E-state index contributed by atoms with van der Waals surface area (Å²) in [5, 5.41) is 11.8. The predicted molar refractivity (Wildman–Crippen MR) is 90.4 cm³/mol. The minimum atomic E-state index is -0.181.